The Bertz CT molecular complexity index is 170. The lowest BCUT2D eigenvalue weighted by Gasteiger charge is -2.15. The molecule has 0 saturated heterocycles. The van der Waals surface area contributed by atoms with Gasteiger partial charge in [-0.15, -0.1) is 0 Å². The molecule has 0 radical (unpaired) electrons. The Labute approximate surface area is 60.9 Å². The third kappa shape index (κ3) is 1.38. The van der Waals surface area contributed by atoms with Crippen LogP contribution in [0.15, 0.2) is 11.8 Å². The lowest BCUT2D eigenvalue weighted by Crippen LogP contribution is -2.14. The standard InChI is InChI=1S/C8H12O2/c1-6-3-4-7(10-2)5-8(6)9/h5-6H,3-4H2,1-2H3/i5+1. The van der Waals surface area contributed by atoms with Crippen molar-refractivity contribution in [2.24, 2.45) is 5.92 Å². The molecule has 0 spiro atoms. The number of rotatable bonds is 1. The summed E-state index contributed by atoms with van der Waals surface area (Å²) in [7, 11) is 1.61. The Hall–Kier alpha value is -0.790. The van der Waals surface area contributed by atoms with Crippen LogP contribution in [0.3, 0.4) is 0 Å². The maximum atomic E-state index is 11.0. The molecule has 0 fully saturated rings. The van der Waals surface area contributed by atoms with Crippen LogP contribution in [0, 0.1) is 5.92 Å². The van der Waals surface area contributed by atoms with Crippen LogP contribution in [0.5, 0.6) is 0 Å². The molecule has 1 unspecified atom stereocenters. The third-order valence-electron chi connectivity index (χ3n) is 1.87. The highest BCUT2D eigenvalue weighted by Gasteiger charge is 2.17. The number of ketones is 1. The molecule has 0 aromatic heterocycles. The second kappa shape index (κ2) is 2.86. The van der Waals surface area contributed by atoms with Crippen LogP contribution < -0.4 is 0 Å². The molecule has 0 aliphatic heterocycles. The zero-order chi connectivity index (χ0) is 7.56. The van der Waals surface area contributed by atoms with Crippen molar-refractivity contribution in [1.82, 2.24) is 0 Å². The minimum absolute atomic E-state index is 0.193. The van der Waals surface area contributed by atoms with Crippen molar-refractivity contribution in [2.45, 2.75) is 19.8 Å². The molecule has 1 aliphatic carbocycles. The summed E-state index contributed by atoms with van der Waals surface area (Å²) in [4.78, 5) is 11.0. The van der Waals surface area contributed by atoms with Crippen LogP contribution in [0.4, 0.5) is 0 Å². The zero-order valence-corrected chi connectivity index (χ0v) is 6.39. The van der Waals surface area contributed by atoms with Gasteiger partial charge >= 0.3 is 0 Å². The Morgan fingerprint density at radius 1 is 1.70 bits per heavy atom. The van der Waals surface area contributed by atoms with Gasteiger partial charge in [0.1, 0.15) is 0 Å². The molecule has 56 valence electrons. The average Bonchev–Trinajstić information content (AvgIpc) is 1.95. The van der Waals surface area contributed by atoms with Crippen molar-refractivity contribution >= 4 is 5.78 Å². The van der Waals surface area contributed by atoms with Gasteiger partial charge in [0, 0.05) is 18.4 Å². The highest BCUT2D eigenvalue weighted by Crippen LogP contribution is 2.19. The Balaban J connectivity index is 2.66. The Morgan fingerprint density at radius 3 is 2.90 bits per heavy atom. The molecule has 1 atom stereocenters. The molecule has 10 heavy (non-hydrogen) atoms. The first kappa shape index (κ1) is 7.32. The SMILES string of the molecule is COC1=[13CH]C(=O)C(C)CC1. The largest absolute Gasteiger partial charge is 0.501 e. The normalized spacial score (nSPS) is 26.0. The van der Waals surface area contributed by atoms with Gasteiger partial charge in [-0.25, -0.2) is 0 Å². The number of carbonyl (C=O) groups excluding carboxylic acids is 1. The first-order valence-corrected chi connectivity index (χ1v) is 3.52. The second-order valence-corrected chi connectivity index (χ2v) is 2.66. The summed E-state index contributed by atoms with van der Waals surface area (Å²) in [5.74, 6) is 1.21. The number of allylic oxidation sites excluding steroid dienone is 2. The molecule has 0 saturated carbocycles. The first-order valence-electron chi connectivity index (χ1n) is 3.52. The number of ether oxygens (including phenoxy) is 1. The molecular weight excluding hydrogens is 129 g/mol. The zero-order valence-electron chi connectivity index (χ0n) is 6.39. The summed E-state index contributed by atoms with van der Waals surface area (Å²) in [5.41, 5.74) is 0. The van der Waals surface area contributed by atoms with Crippen molar-refractivity contribution in [3.63, 3.8) is 0 Å². The predicted molar refractivity (Wildman–Crippen MR) is 38.5 cm³/mol. The van der Waals surface area contributed by atoms with Crippen LogP contribution in [0.25, 0.3) is 0 Å². The van der Waals surface area contributed by atoms with Crippen molar-refractivity contribution in [3.8, 4) is 0 Å². The number of methoxy groups -OCH3 is 1. The van der Waals surface area contributed by atoms with Gasteiger partial charge in [-0.2, -0.15) is 0 Å². The molecular formula is C8H12O2. The van der Waals surface area contributed by atoms with Gasteiger partial charge in [-0.1, -0.05) is 6.92 Å². The minimum Gasteiger partial charge on any atom is -0.501 e. The van der Waals surface area contributed by atoms with E-state index in [2.05, 4.69) is 0 Å². The highest BCUT2D eigenvalue weighted by molar-refractivity contribution is 5.92. The molecule has 0 bridgehead atoms. The van der Waals surface area contributed by atoms with Crippen LogP contribution in [0.1, 0.15) is 19.8 Å². The Kier molecular flexibility index (Phi) is 2.10. The van der Waals surface area contributed by atoms with E-state index in [-0.39, 0.29) is 11.7 Å². The van der Waals surface area contributed by atoms with Crippen LogP contribution in [-0.4, -0.2) is 12.9 Å². The maximum Gasteiger partial charge on any atom is 0.161 e. The fourth-order valence-electron chi connectivity index (χ4n) is 1.04. The Morgan fingerprint density at radius 2 is 2.40 bits per heavy atom. The summed E-state index contributed by atoms with van der Waals surface area (Å²) < 4.78 is 4.95. The van der Waals surface area contributed by atoms with Crippen LogP contribution in [0.2, 0.25) is 0 Å². The molecule has 0 amide bonds. The van der Waals surface area contributed by atoms with Crippen LogP contribution >= 0.6 is 0 Å². The van der Waals surface area contributed by atoms with Gasteiger partial charge in [-0.05, 0) is 6.42 Å². The van der Waals surface area contributed by atoms with E-state index >= 15 is 0 Å². The fourth-order valence-corrected chi connectivity index (χ4v) is 1.04. The lowest BCUT2D eigenvalue weighted by atomic mass is 10.00. The number of hydrogen-bond acceptors (Lipinski definition) is 2. The monoisotopic (exact) mass is 141 g/mol. The van der Waals surface area contributed by atoms with E-state index in [0.717, 1.165) is 18.6 Å². The topological polar surface area (TPSA) is 26.3 Å². The maximum absolute atomic E-state index is 11.0. The van der Waals surface area contributed by atoms with E-state index in [9.17, 15) is 4.79 Å². The summed E-state index contributed by atoms with van der Waals surface area (Å²) in [5, 5.41) is 0. The molecule has 0 N–H and O–H groups in total. The van der Waals surface area contributed by atoms with Crippen LogP contribution in [-0.2, 0) is 9.53 Å². The highest BCUT2D eigenvalue weighted by atomic mass is 16.5. The van der Waals surface area contributed by atoms with E-state index in [1.807, 2.05) is 6.92 Å². The number of hydrogen-bond donors (Lipinski definition) is 0. The minimum atomic E-state index is 0.193. The van der Waals surface area contributed by atoms with Crippen molar-refractivity contribution < 1.29 is 9.53 Å². The molecule has 2 heteroatoms. The van der Waals surface area contributed by atoms with E-state index in [1.54, 1.807) is 13.2 Å². The molecule has 1 aliphatic rings. The van der Waals surface area contributed by atoms with Gasteiger partial charge < -0.3 is 4.74 Å². The lowest BCUT2D eigenvalue weighted by molar-refractivity contribution is -0.118. The van der Waals surface area contributed by atoms with E-state index in [0.29, 0.717) is 0 Å². The molecule has 0 heterocycles. The van der Waals surface area contributed by atoms with Gasteiger partial charge in [0.2, 0.25) is 0 Å². The van der Waals surface area contributed by atoms with Crippen molar-refractivity contribution in [1.29, 1.82) is 0 Å². The summed E-state index contributed by atoms with van der Waals surface area (Å²) in [6.07, 6.45) is 3.44. The van der Waals surface area contributed by atoms with Gasteiger partial charge in [-0.3, -0.25) is 4.79 Å². The number of carbonyl (C=O) groups is 1. The summed E-state index contributed by atoms with van der Waals surface area (Å²) in [6.45, 7) is 1.95. The molecule has 0 aromatic carbocycles. The first-order chi connectivity index (χ1) is 4.74. The molecule has 0 aromatic rings. The molecule has 2 nitrogen and oxygen atoms in total. The van der Waals surface area contributed by atoms with E-state index in [4.69, 9.17) is 4.74 Å². The van der Waals surface area contributed by atoms with E-state index in [1.165, 1.54) is 0 Å². The summed E-state index contributed by atoms with van der Waals surface area (Å²) >= 11 is 0. The molecule has 1 rings (SSSR count). The third-order valence-corrected chi connectivity index (χ3v) is 1.87. The quantitative estimate of drug-likeness (QED) is 0.517. The second-order valence-electron chi connectivity index (χ2n) is 2.66. The van der Waals surface area contributed by atoms with Crippen molar-refractivity contribution in [3.05, 3.63) is 11.8 Å². The van der Waals surface area contributed by atoms with Gasteiger partial charge in [0.05, 0.1) is 12.9 Å². The van der Waals surface area contributed by atoms with Gasteiger partial charge in [0.15, 0.2) is 5.78 Å². The summed E-state index contributed by atoms with van der Waals surface area (Å²) in [6, 6.07) is 0. The van der Waals surface area contributed by atoms with E-state index < -0.39 is 0 Å². The van der Waals surface area contributed by atoms with Gasteiger partial charge in [0.25, 0.3) is 0 Å². The smallest absolute Gasteiger partial charge is 0.161 e. The van der Waals surface area contributed by atoms with Crippen molar-refractivity contribution in [2.75, 3.05) is 7.11 Å². The fraction of sp³-hybridized carbons (Fsp3) is 0.625. The average molecular weight is 141 g/mol. The predicted octanol–water partition coefficient (Wildman–Crippen LogP) is 1.52.